The van der Waals surface area contributed by atoms with Gasteiger partial charge in [0.2, 0.25) is 5.91 Å². The molecule has 32 heavy (non-hydrogen) atoms. The highest BCUT2D eigenvalue weighted by Crippen LogP contribution is 2.46. The Balaban J connectivity index is 1.42. The number of likely N-dealkylation sites (tertiary alicyclic amines) is 1. The quantitative estimate of drug-likeness (QED) is 0.602. The topological polar surface area (TPSA) is 50.2 Å². The first-order chi connectivity index (χ1) is 15.4. The third kappa shape index (κ3) is 4.85. The van der Waals surface area contributed by atoms with Crippen molar-refractivity contribution in [2.75, 3.05) is 13.1 Å². The van der Waals surface area contributed by atoms with Crippen LogP contribution < -0.4 is 5.32 Å². The summed E-state index contributed by atoms with van der Waals surface area (Å²) in [6, 6.07) is 16.8. The van der Waals surface area contributed by atoms with Gasteiger partial charge in [0.15, 0.2) is 5.41 Å². The van der Waals surface area contributed by atoms with Gasteiger partial charge in [-0.2, -0.15) is 13.2 Å². The van der Waals surface area contributed by atoms with Crippen LogP contribution in [0, 0.1) is 5.41 Å². The Morgan fingerprint density at radius 1 is 1.03 bits per heavy atom. The van der Waals surface area contributed by atoms with Gasteiger partial charge in [0, 0.05) is 38.6 Å². The molecule has 3 aromatic rings. The van der Waals surface area contributed by atoms with Crippen molar-refractivity contribution in [2.45, 2.75) is 32.2 Å². The maximum absolute atomic E-state index is 14.1. The number of halogens is 3. The molecule has 1 saturated heterocycles. The zero-order valence-corrected chi connectivity index (χ0v) is 17.6. The smallest absolute Gasteiger partial charge is 0.351 e. The average molecular weight is 442 g/mol. The van der Waals surface area contributed by atoms with Gasteiger partial charge in [-0.15, -0.1) is 0 Å². The van der Waals surface area contributed by atoms with Gasteiger partial charge < -0.3 is 9.88 Å². The molecule has 0 spiro atoms. The first-order valence-corrected chi connectivity index (χ1v) is 10.5. The molecule has 1 aliphatic rings. The lowest BCUT2D eigenvalue weighted by Gasteiger charge is -2.30. The lowest BCUT2D eigenvalue weighted by molar-refractivity contribution is -0.218. The SMILES string of the molecule is O=C(NCc1cccc(Cn2ccnc2)c1)C1(C(F)(F)F)CCN(Cc2ccccc2)C1. The van der Waals surface area contributed by atoms with Crippen LogP contribution in [0.4, 0.5) is 13.2 Å². The van der Waals surface area contributed by atoms with Crippen molar-refractivity contribution >= 4 is 5.91 Å². The van der Waals surface area contributed by atoms with E-state index >= 15 is 0 Å². The number of hydrogen-bond donors (Lipinski definition) is 1. The molecule has 0 saturated carbocycles. The van der Waals surface area contributed by atoms with Gasteiger partial charge in [0.25, 0.3) is 0 Å². The summed E-state index contributed by atoms with van der Waals surface area (Å²) in [4.78, 5) is 18.6. The van der Waals surface area contributed by atoms with Crippen molar-refractivity contribution in [3.05, 3.63) is 90.0 Å². The predicted octanol–water partition coefficient (Wildman–Crippen LogP) is 4.00. The Hall–Kier alpha value is -3.13. The molecule has 0 bridgehead atoms. The maximum Gasteiger partial charge on any atom is 0.404 e. The highest BCUT2D eigenvalue weighted by Gasteiger charge is 2.62. The summed E-state index contributed by atoms with van der Waals surface area (Å²) in [7, 11) is 0. The van der Waals surface area contributed by atoms with Crippen molar-refractivity contribution in [1.82, 2.24) is 19.8 Å². The molecule has 1 aliphatic heterocycles. The van der Waals surface area contributed by atoms with E-state index in [1.807, 2.05) is 59.3 Å². The summed E-state index contributed by atoms with van der Waals surface area (Å²) in [5, 5.41) is 2.55. The van der Waals surface area contributed by atoms with Crippen LogP contribution in [0.2, 0.25) is 0 Å². The molecule has 2 heterocycles. The van der Waals surface area contributed by atoms with E-state index in [1.54, 1.807) is 23.5 Å². The van der Waals surface area contributed by atoms with Crippen LogP contribution in [0.3, 0.4) is 0 Å². The van der Waals surface area contributed by atoms with Gasteiger partial charge in [-0.05, 0) is 29.7 Å². The standard InChI is InChI=1S/C24H25F3N4O/c25-24(26,27)23(9-11-30(17-23)15-19-5-2-1-3-6-19)22(32)29-14-20-7-4-8-21(13-20)16-31-12-10-28-18-31/h1-8,10,12-13,18H,9,11,14-17H2,(H,29,32). The second kappa shape index (κ2) is 9.16. The Bertz CT molecular complexity index is 1040. The molecule has 1 fully saturated rings. The van der Waals surface area contributed by atoms with E-state index in [0.29, 0.717) is 13.1 Å². The minimum atomic E-state index is -4.62. The van der Waals surface area contributed by atoms with Crippen molar-refractivity contribution in [3.63, 3.8) is 0 Å². The first kappa shape index (κ1) is 22.1. The fourth-order valence-electron chi connectivity index (χ4n) is 4.19. The van der Waals surface area contributed by atoms with Gasteiger partial charge in [-0.1, -0.05) is 54.6 Å². The molecule has 0 radical (unpaired) electrons. The Morgan fingerprint density at radius 3 is 2.50 bits per heavy atom. The Morgan fingerprint density at radius 2 is 1.78 bits per heavy atom. The fourth-order valence-corrected chi connectivity index (χ4v) is 4.19. The number of nitrogens with one attached hydrogen (secondary N) is 1. The van der Waals surface area contributed by atoms with Crippen LogP contribution in [0.15, 0.2) is 73.3 Å². The molecular weight excluding hydrogens is 417 g/mol. The van der Waals surface area contributed by atoms with Crippen LogP contribution >= 0.6 is 0 Å². The summed E-state index contributed by atoms with van der Waals surface area (Å²) in [6.45, 7) is 0.929. The lowest BCUT2D eigenvalue weighted by Crippen LogP contribution is -2.52. The number of nitrogens with zero attached hydrogens (tertiary/aromatic N) is 3. The third-order valence-electron chi connectivity index (χ3n) is 5.94. The van der Waals surface area contributed by atoms with E-state index in [1.165, 1.54) is 0 Å². The zero-order valence-electron chi connectivity index (χ0n) is 17.6. The largest absolute Gasteiger partial charge is 0.404 e. The van der Waals surface area contributed by atoms with Gasteiger partial charge in [0.1, 0.15) is 0 Å². The molecule has 2 aromatic carbocycles. The molecule has 4 rings (SSSR count). The molecule has 1 amide bonds. The van der Waals surface area contributed by atoms with E-state index < -0.39 is 17.5 Å². The number of aromatic nitrogens is 2. The van der Waals surface area contributed by atoms with Crippen molar-refractivity contribution in [2.24, 2.45) is 5.41 Å². The predicted molar refractivity (Wildman–Crippen MR) is 114 cm³/mol. The van der Waals surface area contributed by atoms with Crippen LogP contribution in [0.1, 0.15) is 23.1 Å². The Labute approximate surface area is 184 Å². The number of amides is 1. The summed E-state index contributed by atoms with van der Waals surface area (Å²) in [5.41, 5.74) is 0.277. The van der Waals surface area contributed by atoms with E-state index in [9.17, 15) is 18.0 Å². The van der Waals surface area contributed by atoms with E-state index in [2.05, 4.69) is 10.3 Å². The highest BCUT2D eigenvalue weighted by molar-refractivity contribution is 5.84. The molecule has 168 valence electrons. The van der Waals surface area contributed by atoms with Crippen LogP contribution in [0.25, 0.3) is 0 Å². The van der Waals surface area contributed by atoms with Gasteiger partial charge in [-0.3, -0.25) is 9.69 Å². The van der Waals surface area contributed by atoms with Gasteiger partial charge in [0.05, 0.1) is 6.33 Å². The molecule has 0 aliphatic carbocycles. The minimum Gasteiger partial charge on any atom is -0.351 e. The molecule has 1 atom stereocenters. The first-order valence-electron chi connectivity index (χ1n) is 10.5. The van der Waals surface area contributed by atoms with E-state index in [4.69, 9.17) is 0 Å². The van der Waals surface area contributed by atoms with Crippen molar-refractivity contribution < 1.29 is 18.0 Å². The molecule has 5 nitrogen and oxygen atoms in total. The van der Waals surface area contributed by atoms with Crippen molar-refractivity contribution in [1.29, 1.82) is 0 Å². The number of benzene rings is 2. The van der Waals surface area contributed by atoms with E-state index in [0.717, 1.165) is 16.7 Å². The lowest BCUT2D eigenvalue weighted by atomic mass is 9.85. The molecule has 1 unspecified atom stereocenters. The number of alkyl halides is 3. The number of imidazole rings is 1. The monoisotopic (exact) mass is 442 g/mol. The molecule has 1 N–H and O–H groups in total. The second-order valence-electron chi connectivity index (χ2n) is 8.26. The number of carbonyl (C=O) groups is 1. The average Bonchev–Trinajstić information content (AvgIpc) is 3.43. The highest BCUT2D eigenvalue weighted by atomic mass is 19.4. The van der Waals surface area contributed by atoms with Crippen LogP contribution in [0.5, 0.6) is 0 Å². The molecular formula is C24H25F3N4O. The number of rotatable bonds is 7. The van der Waals surface area contributed by atoms with Crippen LogP contribution in [-0.4, -0.2) is 39.6 Å². The summed E-state index contributed by atoms with van der Waals surface area (Å²) < 4.78 is 44.2. The fraction of sp³-hybridized carbons (Fsp3) is 0.333. The van der Waals surface area contributed by atoms with E-state index in [-0.39, 0.29) is 26.1 Å². The normalized spacial score (nSPS) is 19.2. The van der Waals surface area contributed by atoms with Crippen LogP contribution in [-0.2, 0) is 24.4 Å². The number of carbonyl (C=O) groups excluding carboxylic acids is 1. The van der Waals surface area contributed by atoms with Gasteiger partial charge >= 0.3 is 6.18 Å². The summed E-state index contributed by atoms with van der Waals surface area (Å²) in [6.07, 6.45) is 0.358. The minimum absolute atomic E-state index is 0.0487. The second-order valence-corrected chi connectivity index (χ2v) is 8.26. The maximum atomic E-state index is 14.1. The summed E-state index contributed by atoms with van der Waals surface area (Å²) >= 11 is 0. The van der Waals surface area contributed by atoms with Crippen molar-refractivity contribution in [3.8, 4) is 0 Å². The van der Waals surface area contributed by atoms with Gasteiger partial charge in [-0.25, -0.2) is 4.98 Å². The number of hydrogen-bond acceptors (Lipinski definition) is 3. The molecule has 8 heteroatoms. The molecule has 1 aromatic heterocycles. The third-order valence-corrected chi connectivity index (χ3v) is 5.94. The Kier molecular flexibility index (Phi) is 6.32. The zero-order chi connectivity index (χ0) is 22.6. The summed E-state index contributed by atoms with van der Waals surface area (Å²) in [5.74, 6) is -0.958.